The van der Waals surface area contributed by atoms with Gasteiger partial charge in [-0.25, -0.2) is 4.39 Å². The molecule has 76 valence electrons. The third kappa shape index (κ3) is 1.88. The van der Waals surface area contributed by atoms with Crippen molar-refractivity contribution in [3.8, 4) is 5.69 Å². The number of pyridine rings is 1. The molecular weight excluding hydrogens is 193 g/mol. The van der Waals surface area contributed by atoms with Crippen molar-refractivity contribution in [2.75, 3.05) is 11.5 Å². The summed E-state index contributed by atoms with van der Waals surface area (Å²) in [5.74, 6) is -0.261. The molecule has 4 heteroatoms. The first kappa shape index (κ1) is 9.45. The maximum atomic E-state index is 12.7. The Bertz CT molecular complexity index is 480. The van der Waals surface area contributed by atoms with Gasteiger partial charge in [-0.15, -0.1) is 0 Å². The van der Waals surface area contributed by atoms with Gasteiger partial charge in [0.05, 0.1) is 5.69 Å². The first-order valence-electron chi connectivity index (χ1n) is 4.49. The second-order valence-electron chi connectivity index (χ2n) is 3.24. The summed E-state index contributed by atoms with van der Waals surface area (Å²) in [5.41, 5.74) is 13.1. The Balaban J connectivity index is 2.45. The number of nitrogens with zero attached hydrogens (tertiary/aromatic N) is 1. The van der Waals surface area contributed by atoms with Crippen LogP contribution in [0, 0.1) is 5.82 Å². The molecule has 1 aromatic carbocycles. The standard InChI is InChI=1S/C11H10FN3/c12-8-1-3-9(4-2-8)15-6-5-10(13)11(14)7-15/h1-7,13H,14H2/p+1. The fraction of sp³-hybridized carbons (Fsp3) is 0. The third-order valence-electron chi connectivity index (χ3n) is 2.15. The number of nitrogen functional groups attached to an aromatic ring is 2. The molecule has 0 fully saturated rings. The largest absolute Gasteiger partial charge is 0.397 e. The monoisotopic (exact) mass is 204 g/mol. The average Bonchev–Trinajstić information content (AvgIpc) is 2.23. The second kappa shape index (κ2) is 3.57. The van der Waals surface area contributed by atoms with Crippen LogP contribution >= 0.6 is 0 Å². The number of aromatic nitrogens is 1. The van der Waals surface area contributed by atoms with Gasteiger partial charge in [-0.1, -0.05) is 0 Å². The van der Waals surface area contributed by atoms with Crippen LogP contribution in [0.1, 0.15) is 0 Å². The van der Waals surface area contributed by atoms with E-state index in [1.54, 1.807) is 35.2 Å². The van der Waals surface area contributed by atoms with Gasteiger partial charge in [0.2, 0.25) is 5.69 Å². The molecule has 2 rings (SSSR count). The molecule has 0 aliphatic rings. The van der Waals surface area contributed by atoms with E-state index >= 15 is 0 Å². The predicted octanol–water partition coefficient (Wildman–Crippen LogP) is 1.27. The molecule has 0 radical (unpaired) electrons. The van der Waals surface area contributed by atoms with Gasteiger partial charge in [0.1, 0.15) is 11.5 Å². The Hall–Kier alpha value is -2.10. The fourth-order valence-electron chi connectivity index (χ4n) is 1.30. The van der Waals surface area contributed by atoms with Gasteiger partial charge in [0.25, 0.3) is 0 Å². The summed E-state index contributed by atoms with van der Waals surface area (Å²) in [6, 6.07) is 7.85. The van der Waals surface area contributed by atoms with Crippen molar-refractivity contribution >= 4 is 11.4 Å². The van der Waals surface area contributed by atoms with Crippen LogP contribution in [0.4, 0.5) is 15.8 Å². The number of anilines is 2. The molecule has 0 atom stereocenters. The second-order valence-corrected chi connectivity index (χ2v) is 3.24. The number of benzene rings is 1. The van der Waals surface area contributed by atoms with E-state index in [1.165, 1.54) is 12.1 Å². The lowest BCUT2D eigenvalue weighted by Crippen LogP contribution is -2.30. The summed E-state index contributed by atoms with van der Waals surface area (Å²) >= 11 is 0. The minimum atomic E-state index is -0.261. The molecule has 4 N–H and O–H groups in total. The molecule has 0 amide bonds. The van der Waals surface area contributed by atoms with E-state index in [-0.39, 0.29) is 5.82 Å². The molecule has 3 nitrogen and oxygen atoms in total. The predicted molar refractivity (Wildman–Crippen MR) is 56.8 cm³/mol. The lowest BCUT2D eigenvalue weighted by molar-refractivity contribution is -0.594. The molecule has 0 spiro atoms. The Morgan fingerprint density at radius 2 is 1.60 bits per heavy atom. The van der Waals surface area contributed by atoms with Crippen molar-refractivity contribution < 1.29 is 8.96 Å². The molecule has 0 saturated heterocycles. The zero-order valence-electron chi connectivity index (χ0n) is 8.02. The Labute approximate surface area is 86.8 Å². The van der Waals surface area contributed by atoms with E-state index in [9.17, 15) is 4.39 Å². The number of halogens is 1. The highest BCUT2D eigenvalue weighted by Crippen LogP contribution is 2.10. The van der Waals surface area contributed by atoms with E-state index in [2.05, 4.69) is 0 Å². The maximum absolute atomic E-state index is 12.7. The third-order valence-corrected chi connectivity index (χ3v) is 2.15. The topological polar surface area (TPSA) is 55.9 Å². The van der Waals surface area contributed by atoms with Crippen LogP contribution in [-0.2, 0) is 0 Å². The molecule has 15 heavy (non-hydrogen) atoms. The number of nitrogens with two attached hydrogens (primary N) is 2. The number of hydrogen-bond donors (Lipinski definition) is 2. The quantitative estimate of drug-likeness (QED) is 0.687. The lowest BCUT2D eigenvalue weighted by atomic mass is 10.3. The molecule has 0 unspecified atom stereocenters. The normalized spacial score (nSPS) is 10.2. The highest BCUT2D eigenvalue weighted by Gasteiger charge is 2.07. The van der Waals surface area contributed by atoms with Gasteiger partial charge in [-0.3, -0.25) is 0 Å². The zero-order chi connectivity index (χ0) is 10.8. The van der Waals surface area contributed by atoms with E-state index in [0.29, 0.717) is 11.4 Å². The van der Waals surface area contributed by atoms with Crippen LogP contribution in [0.15, 0.2) is 42.7 Å². The van der Waals surface area contributed by atoms with Crippen molar-refractivity contribution in [3.05, 3.63) is 48.5 Å². The van der Waals surface area contributed by atoms with Crippen molar-refractivity contribution in [1.29, 1.82) is 0 Å². The van der Waals surface area contributed by atoms with Crippen molar-refractivity contribution in [2.45, 2.75) is 0 Å². The molecule has 0 aliphatic heterocycles. The van der Waals surface area contributed by atoms with Crippen LogP contribution in [0.3, 0.4) is 0 Å². The van der Waals surface area contributed by atoms with Gasteiger partial charge in [0, 0.05) is 18.2 Å². The highest BCUT2D eigenvalue weighted by atomic mass is 19.1. The maximum Gasteiger partial charge on any atom is 0.210 e. The Morgan fingerprint density at radius 1 is 0.933 bits per heavy atom. The van der Waals surface area contributed by atoms with Crippen LogP contribution in [0.5, 0.6) is 0 Å². The molecular formula is C11H11FN3+. The van der Waals surface area contributed by atoms with E-state index in [4.69, 9.17) is 11.5 Å². The Morgan fingerprint density at radius 3 is 2.20 bits per heavy atom. The van der Waals surface area contributed by atoms with Crippen LogP contribution in [-0.4, -0.2) is 0 Å². The molecule has 0 saturated carbocycles. The average molecular weight is 204 g/mol. The van der Waals surface area contributed by atoms with E-state index < -0.39 is 0 Å². The zero-order valence-corrected chi connectivity index (χ0v) is 8.02. The van der Waals surface area contributed by atoms with E-state index in [1.807, 2.05) is 0 Å². The molecule has 2 aromatic rings. The van der Waals surface area contributed by atoms with Crippen LogP contribution < -0.4 is 16.0 Å². The molecule has 1 aromatic heterocycles. The summed E-state index contributed by atoms with van der Waals surface area (Å²) in [6.07, 6.45) is 3.47. The summed E-state index contributed by atoms with van der Waals surface area (Å²) in [4.78, 5) is 0. The van der Waals surface area contributed by atoms with E-state index in [0.717, 1.165) is 5.69 Å². The summed E-state index contributed by atoms with van der Waals surface area (Å²) < 4.78 is 14.5. The molecule has 1 heterocycles. The van der Waals surface area contributed by atoms with Gasteiger partial charge in [0.15, 0.2) is 12.4 Å². The van der Waals surface area contributed by atoms with Crippen molar-refractivity contribution in [1.82, 2.24) is 0 Å². The Kier molecular flexibility index (Phi) is 2.25. The van der Waals surface area contributed by atoms with Crippen LogP contribution in [0.25, 0.3) is 5.69 Å². The minimum absolute atomic E-state index is 0.261. The summed E-state index contributed by atoms with van der Waals surface area (Å²) in [7, 11) is 0. The van der Waals surface area contributed by atoms with Gasteiger partial charge in [-0.2, -0.15) is 4.57 Å². The van der Waals surface area contributed by atoms with Crippen molar-refractivity contribution in [2.24, 2.45) is 0 Å². The highest BCUT2D eigenvalue weighted by molar-refractivity contribution is 5.59. The fourth-order valence-corrected chi connectivity index (χ4v) is 1.30. The molecule has 0 aliphatic carbocycles. The smallest absolute Gasteiger partial charge is 0.210 e. The summed E-state index contributed by atoms with van der Waals surface area (Å²) in [5, 5.41) is 0. The van der Waals surface area contributed by atoms with Gasteiger partial charge < -0.3 is 11.5 Å². The number of rotatable bonds is 1. The van der Waals surface area contributed by atoms with Crippen molar-refractivity contribution in [3.63, 3.8) is 0 Å². The number of hydrogen-bond acceptors (Lipinski definition) is 2. The SMILES string of the molecule is Nc1cc[n+](-c2ccc(F)cc2)cc1N. The van der Waals surface area contributed by atoms with Crippen LogP contribution in [0.2, 0.25) is 0 Å². The first-order valence-corrected chi connectivity index (χ1v) is 4.49. The minimum Gasteiger partial charge on any atom is -0.397 e. The van der Waals surface area contributed by atoms with Gasteiger partial charge in [-0.05, 0) is 12.1 Å². The van der Waals surface area contributed by atoms with Gasteiger partial charge >= 0.3 is 0 Å². The molecule has 0 bridgehead atoms. The first-order chi connectivity index (χ1) is 7.16. The lowest BCUT2D eigenvalue weighted by Gasteiger charge is -1.99. The summed E-state index contributed by atoms with van der Waals surface area (Å²) in [6.45, 7) is 0.